The van der Waals surface area contributed by atoms with Gasteiger partial charge in [-0.25, -0.2) is 4.98 Å². The van der Waals surface area contributed by atoms with E-state index in [9.17, 15) is 13.6 Å². The predicted octanol–water partition coefficient (Wildman–Crippen LogP) is 4.45. The van der Waals surface area contributed by atoms with E-state index >= 15 is 0 Å². The number of carbonyl (C=O) groups is 1. The van der Waals surface area contributed by atoms with E-state index < -0.39 is 6.61 Å². The van der Waals surface area contributed by atoms with Crippen LogP contribution in [0.2, 0.25) is 0 Å². The van der Waals surface area contributed by atoms with Gasteiger partial charge >= 0.3 is 6.61 Å². The zero-order chi connectivity index (χ0) is 17.6. The maximum atomic E-state index is 12.2. The first-order valence-corrected chi connectivity index (χ1v) is 9.13. The van der Waals surface area contributed by atoms with Crippen molar-refractivity contribution in [3.05, 3.63) is 58.4 Å². The summed E-state index contributed by atoms with van der Waals surface area (Å²) in [6.45, 7) is -2.39. The summed E-state index contributed by atoms with van der Waals surface area (Å²) in [5.74, 6) is -0.0495. The third-order valence-electron chi connectivity index (χ3n) is 3.31. The maximum Gasteiger partial charge on any atom is 0.387 e. The van der Waals surface area contributed by atoms with Crippen molar-refractivity contribution in [1.29, 1.82) is 0 Å². The molecule has 3 rings (SSSR count). The molecular weight excluding hydrogens is 366 g/mol. The molecule has 0 saturated heterocycles. The van der Waals surface area contributed by atoms with Crippen molar-refractivity contribution in [3.63, 3.8) is 0 Å². The van der Waals surface area contributed by atoms with Gasteiger partial charge in [-0.05, 0) is 35.6 Å². The van der Waals surface area contributed by atoms with Crippen molar-refractivity contribution in [3.8, 4) is 15.6 Å². The Morgan fingerprint density at radius 2 is 2.04 bits per heavy atom. The zero-order valence-electron chi connectivity index (χ0n) is 12.9. The molecule has 0 radical (unpaired) electrons. The molecule has 0 atom stereocenters. The minimum absolute atomic E-state index is 0.119. The highest BCUT2D eigenvalue weighted by molar-refractivity contribution is 7.21. The fourth-order valence-electron chi connectivity index (χ4n) is 2.14. The smallest absolute Gasteiger partial charge is 0.387 e. The summed E-state index contributed by atoms with van der Waals surface area (Å²) < 4.78 is 28.5. The van der Waals surface area contributed by atoms with Crippen LogP contribution in [-0.2, 0) is 6.42 Å². The van der Waals surface area contributed by atoms with Gasteiger partial charge in [-0.3, -0.25) is 4.79 Å². The summed E-state index contributed by atoms with van der Waals surface area (Å²) in [6, 6.07) is 10.3. The monoisotopic (exact) mass is 380 g/mol. The number of rotatable bonds is 7. The first-order chi connectivity index (χ1) is 12.1. The van der Waals surface area contributed by atoms with Crippen molar-refractivity contribution in [1.82, 2.24) is 10.3 Å². The van der Waals surface area contributed by atoms with Gasteiger partial charge in [-0.15, -0.1) is 22.7 Å². The lowest BCUT2D eigenvalue weighted by Gasteiger charge is -2.06. The molecule has 1 N–H and O–H groups in total. The lowest BCUT2D eigenvalue weighted by molar-refractivity contribution is -0.0498. The summed E-state index contributed by atoms with van der Waals surface area (Å²) >= 11 is 2.93. The Labute approximate surface area is 151 Å². The normalized spacial score (nSPS) is 10.8. The summed E-state index contributed by atoms with van der Waals surface area (Å²) in [6.07, 6.45) is 2.17. The van der Waals surface area contributed by atoms with Gasteiger partial charge in [0, 0.05) is 6.54 Å². The highest BCUT2D eigenvalue weighted by Gasteiger charge is 2.12. The number of ether oxygens (including phenoxy) is 1. The van der Waals surface area contributed by atoms with Crippen LogP contribution in [0.5, 0.6) is 5.75 Å². The standard InChI is InChI=1S/C17H14F2N2O2S2/c18-17(19)23-12-5-3-11(4-6-12)7-8-20-15(22)14-10-21-16(25-14)13-2-1-9-24-13/h1-6,9-10,17H,7-8H2,(H,20,22). The molecule has 0 saturated carbocycles. The molecule has 4 nitrogen and oxygen atoms in total. The molecule has 0 aliphatic heterocycles. The Kier molecular flexibility index (Phi) is 5.72. The lowest BCUT2D eigenvalue weighted by Crippen LogP contribution is -2.24. The van der Waals surface area contributed by atoms with E-state index in [0.717, 1.165) is 15.4 Å². The number of nitrogens with one attached hydrogen (secondary N) is 1. The SMILES string of the molecule is O=C(NCCc1ccc(OC(F)F)cc1)c1cnc(-c2cccs2)s1. The quantitative estimate of drug-likeness (QED) is 0.659. The van der Waals surface area contributed by atoms with E-state index in [1.54, 1.807) is 29.7 Å². The van der Waals surface area contributed by atoms with Gasteiger partial charge in [0.15, 0.2) is 0 Å². The van der Waals surface area contributed by atoms with E-state index in [2.05, 4.69) is 15.0 Å². The van der Waals surface area contributed by atoms with Crippen LogP contribution in [0.25, 0.3) is 9.88 Å². The number of nitrogens with zero attached hydrogens (tertiary/aromatic N) is 1. The predicted molar refractivity (Wildman–Crippen MR) is 94.5 cm³/mol. The molecule has 2 aromatic heterocycles. The number of carbonyl (C=O) groups excluding carboxylic acids is 1. The molecule has 1 amide bonds. The van der Waals surface area contributed by atoms with Crippen LogP contribution < -0.4 is 10.1 Å². The van der Waals surface area contributed by atoms with Crippen LogP contribution in [0.1, 0.15) is 15.2 Å². The van der Waals surface area contributed by atoms with Crippen LogP contribution in [0.15, 0.2) is 48.0 Å². The van der Waals surface area contributed by atoms with Gasteiger partial charge in [-0.1, -0.05) is 18.2 Å². The average Bonchev–Trinajstić information content (AvgIpc) is 3.27. The Hall–Kier alpha value is -2.32. The van der Waals surface area contributed by atoms with Crippen LogP contribution in [-0.4, -0.2) is 24.0 Å². The van der Waals surface area contributed by atoms with Crippen molar-refractivity contribution in [2.75, 3.05) is 6.54 Å². The molecule has 0 unspecified atom stereocenters. The Morgan fingerprint density at radius 1 is 1.24 bits per heavy atom. The van der Waals surface area contributed by atoms with Crippen LogP contribution in [0.3, 0.4) is 0 Å². The second-order valence-corrected chi connectivity index (χ2v) is 7.01. The molecule has 8 heteroatoms. The number of alkyl halides is 2. The highest BCUT2D eigenvalue weighted by atomic mass is 32.1. The van der Waals surface area contributed by atoms with Crippen LogP contribution >= 0.6 is 22.7 Å². The molecule has 3 aromatic rings. The van der Waals surface area contributed by atoms with Gasteiger partial charge < -0.3 is 10.1 Å². The fourth-order valence-corrected chi connectivity index (χ4v) is 3.77. The van der Waals surface area contributed by atoms with Gasteiger partial charge in [0.2, 0.25) is 0 Å². The minimum Gasteiger partial charge on any atom is -0.435 e. The van der Waals surface area contributed by atoms with Crippen LogP contribution in [0, 0.1) is 0 Å². The molecule has 0 fully saturated rings. The molecule has 0 spiro atoms. The number of thiazole rings is 1. The van der Waals surface area contributed by atoms with Crippen molar-refractivity contribution in [2.45, 2.75) is 13.0 Å². The number of aromatic nitrogens is 1. The molecule has 2 heterocycles. The summed E-state index contributed by atoms with van der Waals surface area (Å²) in [4.78, 5) is 18.0. The summed E-state index contributed by atoms with van der Waals surface area (Å²) in [5, 5.41) is 5.63. The Balaban J connectivity index is 1.49. The number of halogens is 2. The van der Waals surface area contributed by atoms with E-state index in [1.807, 2.05) is 17.5 Å². The molecule has 1 aromatic carbocycles. The first-order valence-electron chi connectivity index (χ1n) is 7.43. The molecule has 0 aliphatic rings. The van der Waals surface area contributed by atoms with Gasteiger partial charge in [0.1, 0.15) is 15.6 Å². The second kappa shape index (κ2) is 8.17. The molecule has 0 bridgehead atoms. The van der Waals surface area contributed by atoms with Crippen molar-refractivity contribution >= 4 is 28.6 Å². The number of hydrogen-bond donors (Lipinski definition) is 1. The first kappa shape index (κ1) is 17.5. The van der Waals surface area contributed by atoms with E-state index in [0.29, 0.717) is 17.8 Å². The number of hydrogen-bond acceptors (Lipinski definition) is 5. The largest absolute Gasteiger partial charge is 0.435 e. The molecular formula is C17H14F2N2O2S2. The van der Waals surface area contributed by atoms with Gasteiger partial charge in [0.25, 0.3) is 5.91 Å². The van der Waals surface area contributed by atoms with Gasteiger partial charge in [0.05, 0.1) is 11.1 Å². The van der Waals surface area contributed by atoms with Crippen LogP contribution in [0.4, 0.5) is 8.78 Å². The molecule has 25 heavy (non-hydrogen) atoms. The van der Waals surface area contributed by atoms with Crippen molar-refractivity contribution in [2.24, 2.45) is 0 Å². The van der Waals surface area contributed by atoms with Gasteiger partial charge in [-0.2, -0.15) is 8.78 Å². The maximum absolute atomic E-state index is 12.2. The highest BCUT2D eigenvalue weighted by Crippen LogP contribution is 2.28. The fraction of sp³-hybridized carbons (Fsp3) is 0.176. The van der Waals surface area contributed by atoms with E-state index in [-0.39, 0.29) is 11.7 Å². The minimum atomic E-state index is -2.83. The zero-order valence-corrected chi connectivity index (χ0v) is 14.6. The summed E-state index contributed by atoms with van der Waals surface area (Å²) in [7, 11) is 0. The van der Waals surface area contributed by atoms with E-state index in [1.165, 1.54) is 23.5 Å². The Morgan fingerprint density at radius 3 is 2.72 bits per heavy atom. The molecule has 130 valence electrons. The Bertz CT molecular complexity index is 818. The third-order valence-corrected chi connectivity index (χ3v) is 5.34. The van der Waals surface area contributed by atoms with E-state index in [4.69, 9.17) is 0 Å². The number of thiophene rings is 1. The number of benzene rings is 1. The molecule has 0 aliphatic carbocycles. The summed E-state index contributed by atoms with van der Waals surface area (Å²) in [5.41, 5.74) is 0.922. The average molecular weight is 380 g/mol. The number of amides is 1. The van der Waals surface area contributed by atoms with Crippen molar-refractivity contribution < 1.29 is 18.3 Å². The third kappa shape index (κ3) is 4.83. The topological polar surface area (TPSA) is 51.2 Å². The second-order valence-electron chi connectivity index (χ2n) is 5.04. The lowest BCUT2D eigenvalue weighted by atomic mass is 10.1.